The molecule has 0 aliphatic heterocycles. The SMILES string of the molecule is COc1cccc(NC(=S)N/N=C\c2ccccc2Cl)c1. The Morgan fingerprint density at radius 1 is 1.24 bits per heavy atom. The Balaban J connectivity index is 1.91. The highest BCUT2D eigenvalue weighted by Gasteiger charge is 1.98. The monoisotopic (exact) mass is 319 g/mol. The summed E-state index contributed by atoms with van der Waals surface area (Å²) in [5, 5.41) is 8.07. The van der Waals surface area contributed by atoms with Crippen LogP contribution in [-0.4, -0.2) is 18.4 Å². The van der Waals surface area contributed by atoms with Crippen LogP contribution in [-0.2, 0) is 0 Å². The maximum Gasteiger partial charge on any atom is 0.191 e. The van der Waals surface area contributed by atoms with Gasteiger partial charge >= 0.3 is 0 Å². The molecule has 2 aromatic rings. The Morgan fingerprint density at radius 3 is 2.81 bits per heavy atom. The van der Waals surface area contributed by atoms with Crippen LogP contribution in [0.5, 0.6) is 5.75 Å². The molecule has 0 amide bonds. The van der Waals surface area contributed by atoms with E-state index in [4.69, 9.17) is 28.6 Å². The van der Waals surface area contributed by atoms with Gasteiger partial charge in [0.05, 0.1) is 13.3 Å². The van der Waals surface area contributed by atoms with Gasteiger partial charge in [-0.25, -0.2) is 0 Å². The van der Waals surface area contributed by atoms with E-state index in [-0.39, 0.29) is 0 Å². The van der Waals surface area contributed by atoms with Gasteiger partial charge in [-0.1, -0.05) is 35.9 Å². The van der Waals surface area contributed by atoms with Crippen LogP contribution in [0.2, 0.25) is 5.02 Å². The minimum atomic E-state index is 0.381. The van der Waals surface area contributed by atoms with E-state index in [9.17, 15) is 0 Å². The number of methoxy groups -OCH3 is 1. The number of halogens is 1. The second-order valence-electron chi connectivity index (χ2n) is 4.08. The van der Waals surface area contributed by atoms with Gasteiger partial charge in [-0.2, -0.15) is 5.10 Å². The van der Waals surface area contributed by atoms with Crippen molar-refractivity contribution in [2.24, 2.45) is 5.10 Å². The largest absolute Gasteiger partial charge is 0.497 e. The molecule has 0 atom stereocenters. The second-order valence-corrected chi connectivity index (χ2v) is 4.89. The molecule has 0 saturated carbocycles. The Kier molecular flexibility index (Phi) is 5.54. The van der Waals surface area contributed by atoms with E-state index in [1.807, 2.05) is 42.5 Å². The molecule has 0 fully saturated rings. The highest BCUT2D eigenvalue weighted by Crippen LogP contribution is 2.16. The summed E-state index contributed by atoms with van der Waals surface area (Å²) in [6.45, 7) is 0. The van der Waals surface area contributed by atoms with Crippen molar-refractivity contribution in [3.8, 4) is 5.75 Å². The first-order valence-electron chi connectivity index (χ1n) is 6.17. The van der Waals surface area contributed by atoms with Crippen LogP contribution < -0.4 is 15.5 Å². The number of benzene rings is 2. The molecule has 0 heterocycles. The van der Waals surface area contributed by atoms with Crippen molar-refractivity contribution in [1.29, 1.82) is 0 Å². The maximum atomic E-state index is 6.02. The van der Waals surface area contributed by atoms with Crippen LogP contribution in [0.25, 0.3) is 0 Å². The quantitative estimate of drug-likeness (QED) is 0.513. The summed E-state index contributed by atoms with van der Waals surface area (Å²) in [7, 11) is 1.61. The molecule has 108 valence electrons. The molecular weight excluding hydrogens is 306 g/mol. The fourth-order valence-electron chi connectivity index (χ4n) is 1.60. The van der Waals surface area contributed by atoms with Crippen LogP contribution in [0, 0.1) is 0 Å². The zero-order chi connectivity index (χ0) is 15.1. The summed E-state index contributed by atoms with van der Waals surface area (Å²) in [5.41, 5.74) is 4.37. The van der Waals surface area contributed by atoms with Gasteiger partial charge in [0, 0.05) is 22.3 Å². The lowest BCUT2D eigenvalue weighted by atomic mass is 10.2. The van der Waals surface area contributed by atoms with E-state index in [0.717, 1.165) is 17.0 Å². The average molecular weight is 320 g/mol. The highest BCUT2D eigenvalue weighted by molar-refractivity contribution is 7.80. The van der Waals surface area contributed by atoms with E-state index in [0.29, 0.717) is 10.1 Å². The van der Waals surface area contributed by atoms with Gasteiger partial charge in [0.25, 0.3) is 0 Å². The molecule has 0 unspecified atom stereocenters. The molecule has 0 saturated heterocycles. The summed E-state index contributed by atoms with van der Waals surface area (Å²) in [6, 6.07) is 14.9. The van der Waals surface area contributed by atoms with Crippen molar-refractivity contribution in [2.45, 2.75) is 0 Å². The number of thiocarbonyl (C=S) groups is 1. The van der Waals surface area contributed by atoms with Gasteiger partial charge in [0.15, 0.2) is 5.11 Å². The summed E-state index contributed by atoms with van der Waals surface area (Å²) in [6.07, 6.45) is 1.61. The molecule has 6 heteroatoms. The summed E-state index contributed by atoms with van der Waals surface area (Å²) in [5.74, 6) is 0.752. The lowest BCUT2D eigenvalue weighted by molar-refractivity contribution is 0.415. The number of hydrogen-bond acceptors (Lipinski definition) is 3. The van der Waals surface area contributed by atoms with Crippen LogP contribution in [0.4, 0.5) is 5.69 Å². The van der Waals surface area contributed by atoms with Crippen molar-refractivity contribution in [3.05, 3.63) is 59.1 Å². The van der Waals surface area contributed by atoms with Crippen LogP contribution >= 0.6 is 23.8 Å². The Hall–Kier alpha value is -2.11. The van der Waals surface area contributed by atoms with Crippen LogP contribution in [0.15, 0.2) is 53.6 Å². The third-order valence-electron chi connectivity index (χ3n) is 2.60. The van der Waals surface area contributed by atoms with Gasteiger partial charge in [-0.3, -0.25) is 5.43 Å². The summed E-state index contributed by atoms with van der Waals surface area (Å²) < 4.78 is 5.14. The highest BCUT2D eigenvalue weighted by atomic mass is 35.5. The summed E-state index contributed by atoms with van der Waals surface area (Å²) >= 11 is 11.2. The van der Waals surface area contributed by atoms with E-state index in [1.54, 1.807) is 19.4 Å². The van der Waals surface area contributed by atoms with Crippen molar-refractivity contribution < 1.29 is 4.74 Å². The van der Waals surface area contributed by atoms with Crippen molar-refractivity contribution >= 4 is 40.8 Å². The smallest absolute Gasteiger partial charge is 0.191 e. The van der Waals surface area contributed by atoms with Crippen molar-refractivity contribution in [1.82, 2.24) is 5.43 Å². The van der Waals surface area contributed by atoms with Gasteiger partial charge in [-0.05, 0) is 30.4 Å². The average Bonchev–Trinajstić information content (AvgIpc) is 2.49. The molecule has 4 nitrogen and oxygen atoms in total. The fourth-order valence-corrected chi connectivity index (χ4v) is 1.96. The molecular formula is C15H14ClN3OS. The number of hydrogen-bond donors (Lipinski definition) is 2. The first kappa shape index (κ1) is 15.3. The molecule has 0 bridgehead atoms. The predicted octanol–water partition coefficient (Wildman–Crippen LogP) is 3.67. The Morgan fingerprint density at radius 2 is 2.05 bits per heavy atom. The minimum Gasteiger partial charge on any atom is -0.497 e. The number of anilines is 1. The van der Waals surface area contributed by atoms with Gasteiger partial charge in [0.2, 0.25) is 0 Å². The first-order valence-corrected chi connectivity index (χ1v) is 6.96. The zero-order valence-corrected chi connectivity index (χ0v) is 12.9. The second kappa shape index (κ2) is 7.61. The minimum absolute atomic E-state index is 0.381. The first-order chi connectivity index (χ1) is 10.2. The van der Waals surface area contributed by atoms with E-state index in [2.05, 4.69) is 15.8 Å². The zero-order valence-electron chi connectivity index (χ0n) is 11.3. The molecule has 2 N–H and O–H groups in total. The van der Waals surface area contributed by atoms with Crippen LogP contribution in [0.3, 0.4) is 0 Å². The van der Waals surface area contributed by atoms with Gasteiger partial charge in [0.1, 0.15) is 5.75 Å². The maximum absolute atomic E-state index is 6.02. The number of ether oxygens (including phenoxy) is 1. The lowest BCUT2D eigenvalue weighted by Gasteiger charge is -2.08. The third kappa shape index (κ3) is 4.73. The molecule has 0 radical (unpaired) electrons. The molecule has 2 rings (SSSR count). The number of nitrogens with zero attached hydrogens (tertiary/aromatic N) is 1. The van der Waals surface area contributed by atoms with E-state index in [1.165, 1.54) is 0 Å². The van der Waals surface area contributed by atoms with E-state index < -0.39 is 0 Å². The third-order valence-corrected chi connectivity index (χ3v) is 3.14. The lowest BCUT2D eigenvalue weighted by Crippen LogP contribution is -2.23. The number of nitrogens with one attached hydrogen (secondary N) is 2. The fraction of sp³-hybridized carbons (Fsp3) is 0.0667. The topological polar surface area (TPSA) is 45.6 Å². The Labute approximate surface area is 133 Å². The predicted molar refractivity (Wildman–Crippen MR) is 91.4 cm³/mol. The standard InChI is InChI=1S/C15H14ClN3OS/c1-20-13-7-4-6-12(9-13)18-15(21)19-17-10-11-5-2-3-8-14(11)16/h2-10H,1H3,(H2,18,19,21)/b17-10-. The molecule has 0 aromatic heterocycles. The van der Waals surface area contributed by atoms with Gasteiger partial charge in [-0.15, -0.1) is 0 Å². The summed E-state index contributed by atoms with van der Waals surface area (Å²) in [4.78, 5) is 0. The molecule has 2 aromatic carbocycles. The van der Waals surface area contributed by atoms with Gasteiger partial charge < -0.3 is 10.1 Å². The Bertz CT molecular complexity index is 661. The van der Waals surface area contributed by atoms with Crippen molar-refractivity contribution in [3.63, 3.8) is 0 Å². The normalized spacial score (nSPS) is 10.4. The molecule has 0 spiro atoms. The van der Waals surface area contributed by atoms with Crippen molar-refractivity contribution in [2.75, 3.05) is 12.4 Å². The molecule has 0 aliphatic rings. The number of hydrazone groups is 1. The van der Waals surface area contributed by atoms with Crippen LogP contribution in [0.1, 0.15) is 5.56 Å². The van der Waals surface area contributed by atoms with E-state index >= 15 is 0 Å². The number of rotatable bonds is 4. The molecule has 21 heavy (non-hydrogen) atoms. The molecule has 0 aliphatic carbocycles.